The average Bonchev–Trinajstić information content (AvgIpc) is 3.21. The van der Waals surface area contributed by atoms with E-state index >= 15 is 0 Å². The predicted molar refractivity (Wildman–Crippen MR) is 111 cm³/mol. The number of hydrogen-bond donors (Lipinski definition) is 1. The number of hydrogen-bond acceptors (Lipinski definition) is 4. The van der Waals surface area contributed by atoms with Gasteiger partial charge in [0.15, 0.2) is 11.6 Å². The number of halogens is 2. The summed E-state index contributed by atoms with van der Waals surface area (Å²) in [7, 11) is 0. The lowest BCUT2D eigenvalue weighted by Gasteiger charge is -2.21. The van der Waals surface area contributed by atoms with Crippen molar-refractivity contribution >= 4 is 11.6 Å². The highest BCUT2D eigenvalue weighted by Crippen LogP contribution is 2.28. The van der Waals surface area contributed by atoms with Crippen LogP contribution < -0.4 is 10.1 Å². The van der Waals surface area contributed by atoms with Gasteiger partial charge in [0.25, 0.3) is 0 Å². The molecule has 2 aromatic carbocycles. The Morgan fingerprint density at radius 2 is 1.97 bits per heavy atom. The van der Waals surface area contributed by atoms with Gasteiger partial charge in [-0.05, 0) is 37.5 Å². The number of nitrogens with one attached hydrogen (secondary N) is 1. The van der Waals surface area contributed by atoms with Crippen molar-refractivity contribution in [2.45, 2.75) is 26.4 Å². The topological polar surface area (TPSA) is 65.4 Å². The molecule has 0 saturated carbocycles. The van der Waals surface area contributed by atoms with Crippen LogP contribution in [-0.2, 0) is 16.1 Å². The smallest absolute Gasteiger partial charge is 0.227 e. The molecule has 31 heavy (non-hydrogen) atoms. The molecule has 1 aliphatic heterocycles. The van der Waals surface area contributed by atoms with Crippen LogP contribution >= 0.6 is 0 Å². The first-order chi connectivity index (χ1) is 15.0. The summed E-state index contributed by atoms with van der Waals surface area (Å²) in [5, 5.41) is 2.49. The highest BCUT2D eigenvalue weighted by atomic mass is 19.1. The molecular formula is C23H23F2N3O3. The van der Waals surface area contributed by atoms with Crippen LogP contribution in [0.4, 0.5) is 14.5 Å². The monoisotopic (exact) mass is 427 g/mol. The Bertz CT molecular complexity index is 1060. The van der Waals surface area contributed by atoms with E-state index < -0.39 is 11.6 Å². The molecule has 0 unspecified atom stereocenters. The van der Waals surface area contributed by atoms with E-state index in [9.17, 15) is 13.6 Å². The average molecular weight is 427 g/mol. The molecule has 1 aliphatic rings. The van der Waals surface area contributed by atoms with Crippen LogP contribution in [0, 0.1) is 24.5 Å². The molecule has 1 amide bonds. The van der Waals surface area contributed by atoms with E-state index in [-0.39, 0.29) is 29.9 Å². The number of carbonyl (C=O) groups is 1. The number of carbonyl (C=O) groups excluding carboxylic acids is 1. The van der Waals surface area contributed by atoms with Crippen molar-refractivity contribution in [2.24, 2.45) is 5.92 Å². The number of imidazole rings is 1. The number of aromatic nitrogens is 2. The number of aryl methyl sites for hydroxylation is 1. The van der Waals surface area contributed by atoms with E-state index in [2.05, 4.69) is 10.3 Å². The Morgan fingerprint density at radius 3 is 2.65 bits per heavy atom. The highest BCUT2D eigenvalue weighted by Gasteiger charge is 2.23. The molecule has 1 aromatic heterocycles. The summed E-state index contributed by atoms with van der Waals surface area (Å²) in [5.41, 5.74) is 1.50. The van der Waals surface area contributed by atoms with Crippen LogP contribution in [0.3, 0.4) is 0 Å². The van der Waals surface area contributed by atoms with Crippen molar-refractivity contribution in [2.75, 3.05) is 18.5 Å². The van der Waals surface area contributed by atoms with Crippen molar-refractivity contribution in [3.8, 4) is 11.4 Å². The fourth-order valence-corrected chi connectivity index (χ4v) is 3.52. The van der Waals surface area contributed by atoms with Crippen molar-refractivity contribution in [3.05, 3.63) is 71.8 Å². The number of amides is 1. The number of nitrogens with zero attached hydrogens (tertiary/aromatic N) is 2. The number of ether oxygens (including phenoxy) is 2. The molecular weight excluding hydrogens is 404 g/mol. The van der Waals surface area contributed by atoms with Gasteiger partial charge in [-0.1, -0.05) is 12.1 Å². The summed E-state index contributed by atoms with van der Waals surface area (Å²) >= 11 is 0. The summed E-state index contributed by atoms with van der Waals surface area (Å²) in [4.78, 5) is 16.6. The lowest BCUT2D eigenvalue weighted by Crippen LogP contribution is -2.28. The third-order valence-corrected chi connectivity index (χ3v) is 5.29. The number of benzene rings is 2. The molecule has 4 rings (SSSR count). The first-order valence-electron chi connectivity index (χ1n) is 10.1. The van der Waals surface area contributed by atoms with Gasteiger partial charge in [0, 0.05) is 49.3 Å². The minimum absolute atomic E-state index is 0.0525. The molecule has 3 aromatic rings. The Morgan fingerprint density at radius 1 is 1.23 bits per heavy atom. The summed E-state index contributed by atoms with van der Waals surface area (Å²) in [6.45, 7) is 2.92. The number of anilines is 1. The quantitative estimate of drug-likeness (QED) is 0.633. The molecule has 1 saturated heterocycles. The molecule has 2 heterocycles. The van der Waals surface area contributed by atoms with Gasteiger partial charge in [0.05, 0.1) is 5.69 Å². The first kappa shape index (κ1) is 21.0. The third kappa shape index (κ3) is 4.91. The van der Waals surface area contributed by atoms with Crippen LogP contribution in [0.15, 0.2) is 48.8 Å². The van der Waals surface area contributed by atoms with Crippen LogP contribution in [0.25, 0.3) is 5.69 Å². The van der Waals surface area contributed by atoms with Crippen molar-refractivity contribution in [1.82, 2.24) is 9.55 Å². The summed E-state index contributed by atoms with van der Waals surface area (Å²) < 4.78 is 41.6. The maximum atomic E-state index is 14.8. The van der Waals surface area contributed by atoms with Gasteiger partial charge in [-0.15, -0.1) is 0 Å². The van der Waals surface area contributed by atoms with Gasteiger partial charge in [-0.25, -0.2) is 13.8 Å². The van der Waals surface area contributed by atoms with Crippen molar-refractivity contribution in [3.63, 3.8) is 0 Å². The van der Waals surface area contributed by atoms with Crippen molar-refractivity contribution in [1.29, 1.82) is 0 Å². The van der Waals surface area contributed by atoms with E-state index in [1.807, 2.05) is 42.0 Å². The van der Waals surface area contributed by atoms with Crippen LogP contribution in [0.1, 0.15) is 24.2 Å². The Hall–Kier alpha value is -3.26. The van der Waals surface area contributed by atoms with E-state index in [1.165, 1.54) is 0 Å². The molecule has 6 nitrogen and oxygen atoms in total. The maximum absolute atomic E-state index is 14.8. The molecule has 1 N–H and O–H groups in total. The van der Waals surface area contributed by atoms with Crippen LogP contribution in [0.2, 0.25) is 0 Å². The van der Waals surface area contributed by atoms with Crippen molar-refractivity contribution < 1.29 is 23.0 Å². The molecule has 0 atom stereocenters. The maximum Gasteiger partial charge on any atom is 0.227 e. The SMILES string of the molecule is Cc1nccn1-c1ccc(COc2cc(F)cc(NC(=O)C3CCOCC3)c2F)cc1. The number of rotatable bonds is 6. The second kappa shape index (κ2) is 9.26. The molecule has 8 heteroatoms. The fourth-order valence-electron chi connectivity index (χ4n) is 3.52. The second-order valence-corrected chi connectivity index (χ2v) is 7.44. The second-order valence-electron chi connectivity index (χ2n) is 7.44. The zero-order valence-corrected chi connectivity index (χ0v) is 17.1. The van der Waals surface area contributed by atoms with Gasteiger partial charge in [-0.3, -0.25) is 4.79 Å². The van der Waals surface area contributed by atoms with Gasteiger partial charge >= 0.3 is 0 Å². The lowest BCUT2D eigenvalue weighted by atomic mass is 9.99. The van der Waals surface area contributed by atoms with Gasteiger partial charge in [0.2, 0.25) is 5.91 Å². The molecule has 0 radical (unpaired) electrons. The minimum Gasteiger partial charge on any atom is -0.486 e. The zero-order valence-electron chi connectivity index (χ0n) is 17.1. The summed E-state index contributed by atoms with van der Waals surface area (Å²) in [6, 6.07) is 9.42. The Labute approximate surface area is 178 Å². The van der Waals surface area contributed by atoms with E-state index in [0.717, 1.165) is 29.2 Å². The van der Waals surface area contributed by atoms with E-state index in [0.29, 0.717) is 26.1 Å². The van der Waals surface area contributed by atoms with Gasteiger partial charge < -0.3 is 19.4 Å². The van der Waals surface area contributed by atoms with E-state index in [4.69, 9.17) is 9.47 Å². The largest absolute Gasteiger partial charge is 0.486 e. The highest BCUT2D eigenvalue weighted by molar-refractivity contribution is 5.93. The lowest BCUT2D eigenvalue weighted by molar-refractivity contribution is -0.122. The molecule has 0 spiro atoms. The standard InChI is InChI=1S/C23H23F2N3O3/c1-15-26-8-9-28(15)19-4-2-16(3-5-19)14-31-21-13-18(24)12-20(22(21)25)27-23(29)17-6-10-30-11-7-17/h2-5,8-9,12-13,17H,6-7,10-11,14H2,1H3,(H,27,29). The molecule has 0 bridgehead atoms. The van der Waals surface area contributed by atoms with Gasteiger partial charge in [0.1, 0.15) is 18.2 Å². The zero-order chi connectivity index (χ0) is 21.8. The predicted octanol–water partition coefficient (Wildman–Crippen LogP) is 4.40. The third-order valence-electron chi connectivity index (χ3n) is 5.29. The molecule has 0 aliphatic carbocycles. The van der Waals surface area contributed by atoms with Crippen LogP contribution in [-0.4, -0.2) is 28.7 Å². The Kier molecular flexibility index (Phi) is 6.27. The summed E-state index contributed by atoms with van der Waals surface area (Å²) in [6.07, 6.45) is 4.69. The molecule has 1 fully saturated rings. The minimum atomic E-state index is -0.799. The van der Waals surface area contributed by atoms with Gasteiger partial charge in [-0.2, -0.15) is 0 Å². The van der Waals surface area contributed by atoms with Crippen LogP contribution in [0.5, 0.6) is 5.75 Å². The normalized spacial score (nSPS) is 14.4. The van der Waals surface area contributed by atoms with E-state index in [1.54, 1.807) is 6.20 Å². The summed E-state index contributed by atoms with van der Waals surface area (Å²) in [5.74, 6) is -1.50. The molecule has 162 valence electrons. The first-order valence-corrected chi connectivity index (χ1v) is 10.1. The Balaban J connectivity index is 1.43. The fraction of sp³-hybridized carbons (Fsp3) is 0.304.